The van der Waals surface area contributed by atoms with Gasteiger partial charge in [-0.2, -0.15) is 17.0 Å². The summed E-state index contributed by atoms with van der Waals surface area (Å²) in [4.78, 5) is 0. The van der Waals surface area contributed by atoms with Crippen LogP contribution in [-0.4, -0.2) is 55.8 Å². The van der Waals surface area contributed by atoms with E-state index in [0.717, 1.165) is 25.8 Å². The van der Waals surface area contributed by atoms with Gasteiger partial charge in [0.15, 0.2) is 0 Å². The Balaban J connectivity index is 1.80. The molecule has 1 saturated heterocycles. The average molecular weight is 303 g/mol. The molecule has 118 valence electrons. The minimum atomic E-state index is -3.28. The summed E-state index contributed by atoms with van der Waals surface area (Å²) in [6.07, 6.45) is 5.37. The lowest BCUT2D eigenvalue weighted by Crippen LogP contribution is -2.50. The second-order valence-corrected chi connectivity index (χ2v) is 8.49. The quantitative estimate of drug-likeness (QED) is 0.724. The van der Waals surface area contributed by atoms with Crippen LogP contribution in [0, 0.1) is 5.92 Å². The number of rotatable bonds is 7. The van der Waals surface area contributed by atoms with Crippen LogP contribution in [0.15, 0.2) is 0 Å². The summed E-state index contributed by atoms with van der Waals surface area (Å²) in [6, 6.07) is 0.816. The van der Waals surface area contributed by atoms with Gasteiger partial charge in [-0.05, 0) is 51.5 Å². The highest BCUT2D eigenvalue weighted by Gasteiger charge is 2.34. The highest BCUT2D eigenvalue weighted by atomic mass is 32.2. The minimum Gasteiger partial charge on any atom is -0.314 e. The van der Waals surface area contributed by atoms with Crippen molar-refractivity contribution in [3.63, 3.8) is 0 Å². The van der Waals surface area contributed by atoms with Crippen LogP contribution in [0.1, 0.15) is 46.0 Å². The molecule has 1 N–H and O–H groups in total. The maximum absolute atomic E-state index is 12.6. The van der Waals surface area contributed by atoms with Gasteiger partial charge in [0.2, 0.25) is 0 Å². The maximum atomic E-state index is 12.6. The predicted octanol–water partition coefficient (Wildman–Crippen LogP) is 1.43. The molecule has 2 aliphatic rings. The third-order valence-corrected chi connectivity index (χ3v) is 6.53. The van der Waals surface area contributed by atoms with Crippen LogP contribution in [0.2, 0.25) is 0 Å². The van der Waals surface area contributed by atoms with Crippen LogP contribution in [-0.2, 0) is 10.2 Å². The van der Waals surface area contributed by atoms with Gasteiger partial charge in [-0.15, -0.1) is 0 Å². The molecule has 0 bridgehead atoms. The van der Waals surface area contributed by atoms with E-state index in [0.29, 0.717) is 25.0 Å². The molecule has 0 spiro atoms. The number of hydrogen-bond acceptors (Lipinski definition) is 3. The monoisotopic (exact) mass is 303 g/mol. The molecule has 1 heterocycles. The van der Waals surface area contributed by atoms with Crippen molar-refractivity contribution in [2.45, 2.75) is 58.0 Å². The first-order valence-corrected chi connectivity index (χ1v) is 9.27. The first-order chi connectivity index (χ1) is 9.41. The van der Waals surface area contributed by atoms with Crippen LogP contribution in [0.25, 0.3) is 0 Å². The van der Waals surface area contributed by atoms with Crippen molar-refractivity contribution in [2.24, 2.45) is 5.92 Å². The zero-order valence-corrected chi connectivity index (χ0v) is 13.8. The number of piperidine rings is 1. The molecule has 1 aliphatic carbocycles. The smallest absolute Gasteiger partial charge is 0.281 e. The van der Waals surface area contributed by atoms with E-state index < -0.39 is 10.2 Å². The van der Waals surface area contributed by atoms with E-state index in [9.17, 15) is 8.42 Å². The van der Waals surface area contributed by atoms with Crippen molar-refractivity contribution >= 4 is 10.2 Å². The summed E-state index contributed by atoms with van der Waals surface area (Å²) in [6.45, 7) is 6.40. The molecular weight excluding hydrogens is 274 g/mol. The Hall–Kier alpha value is -0.170. The van der Waals surface area contributed by atoms with Crippen LogP contribution >= 0.6 is 0 Å². The highest BCUT2D eigenvalue weighted by molar-refractivity contribution is 7.86. The third kappa shape index (κ3) is 4.16. The molecule has 2 unspecified atom stereocenters. The van der Waals surface area contributed by atoms with E-state index >= 15 is 0 Å². The van der Waals surface area contributed by atoms with Crippen LogP contribution in [0.5, 0.6) is 0 Å². The Morgan fingerprint density at radius 3 is 2.55 bits per heavy atom. The zero-order valence-electron chi connectivity index (χ0n) is 13.0. The lowest BCUT2D eigenvalue weighted by Gasteiger charge is -2.37. The first kappa shape index (κ1) is 16.2. The molecule has 6 heteroatoms. The van der Waals surface area contributed by atoms with E-state index in [2.05, 4.69) is 12.2 Å². The summed E-state index contributed by atoms with van der Waals surface area (Å²) in [7, 11) is -1.58. The Labute approximate surface area is 123 Å². The van der Waals surface area contributed by atoms with E-state index in [1.54, 1.807) is 11.4 Å². The van der Waals surface area contributed by atoms with Crippen molar-refractivity contribution in [1.82, 2.24) is 13.9 Å². The summed E-state index contributed by atoms with van der Waals surface area (Å²) >= 11 is 0. The van der Waals surface area contributed by atoms with Gasteiger partial charge < -0.3 is 5.32 Å². The van der Waals surface area contributed by atoms with Gasteiger partial charge in [0, 0.05) is 32.2 Å². The maximum Gasteiger partial charge on any atom is 0.281 e. The average Bonchev–Trinajstić information content (AvgIpc) is 3.17. The molecule has 2 atom stereocenters. The van der Waals surface area contributed by atoms with Gasteiger partial charge >= 0.3 is 0 Å². The van der Waals surface area contributed by atoms with Crippen LogP contribution in [0.3, 0.4) is 0 Å². The molecule has 0 aromatic heterocycles. The van der Waals surface area contributed by atoms with Gasteiger partial charge in [-0.25, -0.2) is 0 Å². The molecule has 0 amide bonds. The third-order valence-electron chi connectivity index (χ3n) is 4.43. The second-order valence-electron chi connectivity index (χ2n) is 6.50. The fraction of sp³-hybridized carbons (Fsp3) is 1.00. The van der Waals surface area contributed by atoms with Gasteiger partial charge in [-0.1, -0.05) is 6.92 Å². The molecule has 1 saturated carbocycles. The normalized spacial score (nSPS) is 29.0. The van der Waals surface area contributed by atoms with E-state index in [1.165, 1.54) is 17.1 Å². The minimum absolute atomic E-state index is 0.121. The largest absolute Gasteiger partial charge is 0.314 e. The molecule has 2 fully saturated rings. The Morgan fingerprint density at radius 2 is 1.95 bits per heavy atom. The molecular formula is C14H29N3O2S. The summed E-state index contributed by atoms with van der Waals surface area (Å²) in [5.41, 5.74) is 0. The summed E-state index contributed by atoms with van der Waals surface area (Å²) in [5.74, 6) is 0.629. The Kier molecular flexibility index (Phi) is 5.45. The van der Waals surface area contributed by atoms with Gasteiger partial charge in [-0.3, -0.25) is 0 Å². The number of nitrogens with one attached hydrogen (secondary N) is 1. The van der Waals surface area contributed by atoms with Crippen molar-refractivity contribution < 1.29 is 8.42 Å². The van der Waals surface area contributed by atoms with E-state index in [4.69, 9.17) is 0 Å². The fourth-order valence-corrected chi connectivity index (χ4v) is 4.51. The van der Waals surface area contributed by atoms with E-state index in [1.807, 2.05) is 6.92 Å². The predicted molar refractivity (Wildman–Crippen MR) is 81.8 cm³/mol. The summed E-state index contributed by atoms with van der Waals surface area (Å²) < 4.78 is 28.4. The number of hydrogen-bond donors (Lipinski definition) is 1. The fourth-order valence-electron chi connectivity index (χ4n) is 2.92. The van der Waals surface area contributed by atoms with Crippen molar-refractivity contribution in [3.8, 4) is 0 Å². The van der Waals surface area contributed by atoms with E-state index in [-0.39, 0.29) is 6.04 Å². The molecule has 20 heavy (non-hydrogen) atoms. The molecule has 2 rings (SSSR count). The summed E-state index contributed by atoms with van der Waals surface area (Å²) in [5, 5.41) is 3.42. The van der Waals surface area contributed by atoms with Gasteiger partial charge in [0.05, 0.1) is 0 Å². The van der Waals surface area contributed by atoms with Crippen LogP contribution < -0.4 is 5.32 Å². The second kappa shape index (κ2) is 6.73. The lowest BCUT2D eigenvalue weighted by atomic mass is 9.95. The highest BCUT2D eigenvalue weighted by Crippen LogP contribution is 2.25. The SMILES string of the molecule is CC1CCN(S(=O)(=O)N(C)CCCNC2CC2)C(C)C1. The van der Waals surface area contributed by atoms with Gasteiger partial charge in [0.25, 0.3) is 10.2 Å². The molecule has 0 aromatic rings. The standard InChI is InChI=1S/C14H29N3O2S/c1-12-7-10-17(13(2)11-12)20(18,19)16(3)9-4-8-15-14-5-6-14/h12-15H,4-11H2,1-3H3. The Bertz CT molecular complexity index is 409. The van der Waals surface area contributed by atoms with Crippen molar-refractivity contribution in [1.29, 1.82) is 0 Å². The molecule has 5 nitrogen and oxygen atoms in total. The van der Waals surface area contributed by atoms with Gasteiger partial charge in [0.1, 0.15) is 0 Å². The topological polar surface area (TPSA) is 52.7 Å². The van der Waals surface area contributed by atoms with Crippen LogP contribution in [0.4, 0.5) is 0 Å². The first-order valence-electron chi connectivity index (χ1n) is 7.87. The Morgan fingerprint density at radius 1 is 1.25 bits per heavy atom. The molecule has 1 aliphatic heterocycles. The lowest BCUT2D eigenvalue weighted by molar-refractivity contribution is 0.208. The molecule has 0 aromatic carbocycles. The van der Waals surface area contributed by atoms with Crippen molar-refractivity contribution in [2.75, 3.05) is 26.7 Å². The molecule has 0 radical (unpaired) electrons. The zero-order chi connectivity index (χ0) is 14.8. The van der Waals surface area contributed by atoms with Crippen molar-refractivity contribution in [3.05, 3.63) is 0 Å². The number of nitrogens with zero attached hydrogens (tertiary/aromatic N) is 2.